The highest BCUT2D eigenvalue weighted by atomic mass is 19.1. The van der Waals surface area contributed by atoms with Crippen LogP contribution in [0.4, 0.5) is 4.39 Å². The first-order chi connectivity index (χ1) is 10.1. The van der Waals surface area contributed by atoms with E-state index < -0.39 is 6.10 Å². The second-order valence-electron chi connectivity index (χ2n) is 5.29. The number of fused-ring (bicyclic) bond motifs is 1. The van der Waals surface area contributed by atoms with Crippen LogP contribution in [0.5, 0.6) is 0 Å². The average Bonchev–Trinajstić information content (AvgIpc) is 2.79. The molecule has 1 unspecified atom stereocenters. The van der Waals surface area contributed by atoms with Gasteiger partial charge in [0.05, 0.1) is 17.3 Å². The third kappa shape index (κ3) is 2.43. The number of halogens is 1. The van der Waals surface area contributed by atoms with Crippen LogP contribution in [0, 0.1) is 12.7 Å². The summed E-state index contributed by atoms with van der Waals surface area (Å²) in [6.07, 6.45) is -0.606. The molecule has 3 nitrogen and oxygen atoms in total. The van der Waals surface area contributed by atoms with Crippen LogP contribution < -0.4 is 0 Å². The summed E-state index contributed by atoms with van der Waals surface area (Å²) in [6, 6.07) is 12.9. The monoisotopic (exact) mass is 284 g/mol. The van der Waals surface area contributed by atoms with E-state index >= 15 is 0 Å². The molecule has 1 atom stereocenters. The fourth-order valence-corrected chi connectivity index (χ4v) is 2.66. The van der Waals surface area contributed by atoms with Crippen LogP contribution >= 0.6 is 0 Å². The molecule has 1 heterocycles. The molecule has 4 heteroatoms. The lowest BCUT2D eigenvalue weighted by molar-refractivity contribution is 0.172. The number of rotatable bonds is 3. The highest BCUT2D eigenvalue weighted by molar-refractivity contribution is 5.81. The number of aromatic nitrogens is 2. The molecule has 0 spiro atoms. The van der Waals surface area contributed by atoms with Crippen LogP contribution in [0.25, 0.3) is 10.9 Å². The first-order valence-electron chi connectivity index (χ1n) is 6.91. The number of aryl methyl sites for hydroxylation is 2. The molecule has 108 valence electrons. The number of hydrogen-bond donors (Lipinski definition) is 1. The van der Waals surface area contributed by atoms with Crippen LogP contribution in [-0.4, -0.2) is 14.9 Å². The molecule has 1 aromatic heterocycles. The molecular formula is C17H17FN2O. The largest absolute Gasteiger partial charge is 0.388 e. The molecule has 21 heavy (non-hydrogen) atoms. The van der Waals surface area contributed by atoms with Crippen molar-refractivity contribution in [2.24, 2.45) is 7.05 Å². The Morgan fingerprint density at radius 3 is 2.76 bits per heavy atom. The predicted molar refractivity (Wildman–Crippen MR) is 80.5 cm³/mol. The van der Waals surface area contributed by atoms with E-state index in [1.165, 1.54) is 0 Å². The van der Waals surface area contributed by atoms with Crippen molar-refractivity contribution in [3.05, 3.63) is 65.1 Å². The van der Waals surface area contributed by atoms with Gasteiger partial charge in [-0.1, -0.05) is 36.4 Å². The Balaban J connectivity index is 1.97. The van der Waals surface area contributed by atoms with Crippen molar-refractivity contribution in [3.63, 3.8) is 0 Å². The third-order valence-corrected chi connectivity index (χ3v) is 3.80. The van der Waals surface area contributed by atoms with Gasteiger partial charge in [-0.2, -0.15) is 5.10 Å². The molecule has 0 aliphatic carbocycles. The summed E-state index contributed by atoms with van der Waals surface area (Å²) >= 11 is 0. The topological polar surface area (TPSA) is 38.1 Å². The predicted octanol–water partition coefficient (Wildman–Crippen LogP) is 3.30. The Morgan fingerprint density at radius 1 is 1.19 bits per heavy atom. The summed E-state index contributed by atoms with van der Waals surface area (Å²) < 4.78 is 15.9. The van der Waals surface area contributed by atoms with Crippen LogP contribution in [0.2, 0.25) is 0 Å². The van der Waals surface area contributed by atoms with Gasteiger partial charge in [0.1, 0.15) is 5.82 Å². The van der Waals surface area contributed by atoms with Gasteiger partial charge in [0.25, 0.3) is 0 Å². The maximum atomic E-state index is 14.1. The van der Waals surface area contributed by atoms with Gasteiger partial charge in [-0.3, -0.25) is 4.68 Å². The summed E-state index contributed by atoms with van der Waals surface area (Å²) in [6.45, 7) is 1.70. The average molecular weight is 284 g/mol. The van der Waals surface area contributed by atoms with E-state index in [4.69, 9.17) is 0 Å². The van der Waals surface area contributed by atoms with E-state index in [1.807, 2.05) is 31.3 Å². The minimum atomic E-state index is -0.900. The quantitative estimate of drug-likeness (QED) is 0.801. The van der Waals surface area contributed by atoms with E-state index in [-0.39, 0.29) is 5.82 Å². The maximum Gasteiger partial charge on any atom is 0.131 e. The van der Waals surface area contributed by atoms with E-state index in [0.717, 1.165) is 16.6 Å². The normalized spacial score (nSPS) is 12.8. The van der Waals surface area contributed by atoms with E-state index in [2.05, 4.69) is 5.10 Å². The van der Waals surface area contributed by atoms with Crippen molar-refractivity contribution < 1.29 is 9.50 Å². The minimum absolute atomic E-state index is 0.293. The molecule has 2 aromatic carbocycles. The van der Waals surface area contributed by atoms with Crippen molar-refractivity contribution in [3.8, 4) is 0 Å². The smallest absolute Gasteiger partial charge is 0.131 e. The van der Waals surface area contributed by atoms with Gasteiger partial charge >= 0.3 is 0 Å². The van der Waals surface area contributed by atoms with Crippen molar-refractivity contribution in [1.82, 2.24) is 9.78 Å². The van der Waals surface area contributed by atoms with Gasteiger partial charge in [-0.05, 0) is 18.6 Å². The Labute approximate surface area is 122 Å². The Morgan fingerprint density at radius 2 is 1.95 bits per heavy atom. The third-order valence-electron chi connectivity index (χ3n) is 3.80. The lowest BCUT2D eigenvalue weighted by Crippen LogP contribution is -2.06. The van der Waals surface area contributed by atoms with E-state index in [1.54, 1.807) is 29.8 Å². The van der Waals surface area contributed by atoms with Crippen LogP contribution in [0.15, 0.2) is 42.5 Å². The Kier molecular flexibility index (Phi) is 3.47. The number of hydrogen-bond acceptors (Lipinski definition) is 2. The summed E-state index contributed by atoms with van der Waals surface area (Å²) in [5, 5.41) is 15.8. The molecule has 3 aromatic rings. The van der Waals surface area contributed by atoms with Crippen molar-refractivity contribution in [2.45, 2.75) is 19.4 Å². The number of aliphatic hydroxyl groups excluding tert-OH is 1. The fourth-order valence-electron chi connectivity index (χ4n) is 2.66. The number of benzene rings is 2. The van der Waals surface area contributed by atoms with Gasteiger partial charge in [-0.25, -0.2) is 4.39 Å². The first kappa shape index (κ1) is 13.8. The fraction of sp³-hybridized carbons (Fsp3) is 0.235. The number of aliphatic hydroxyl groups is 1. The summed E-state index contributed by atoms with van der Waals surface area (Å²) in [5.74, 6) is -0.342. The lowest BCUT2D eigenvalue weighted by atomic mass is 10.0. The van der Waals surface area contributed by atoms with Crippen molar-refractivity contribution in [2.75, 3.05) is 0 Å². The van der Waals surface area contributed by atoms with Gasteiger partial charge in [0.2, 0.25) is 0 Å². The molecule has 0 saturated heterocycles. The molecule has 0 saturated carbocycles. The van der Waals surface area contributed by atoms with Gasteiger partial charge in [0, 0.05) is 24.4 Å². The molecule has 0 amide bonds. The minimum Gasteiger partial charge on any atom is -0.388 e. The zero-order chi connectivity index (χ0) is 15.0. The zero-order valence-corrected chi connectivity index (χ0v) is 12.0. The zero-order valence-electron chi connectivity index (χ0n) is 12.0. The molecule has 3 rings (SSSR count). The van der Waals surface area contributed by atoms with E-state index in [9.17, 15) is 9.50 Å². The molecule has 0 bridgehead atoms. The van der Waals surface area contributed by atoms with Crippen LogP contribution in [0.3, 0.4) is 0 Å². The van der Waals surface area contributed by atoms with Crippen molar-refractivity contribution in [1.29, 1.82) is 0 Å². The molecule has 1 N–H and O–H groups in total. The van der Waals surface area contributed by atoms with Crippen LogP contribution in [0.1, 0.15) is 22.9 Å². The van der Waals surface area contributed by atoms with E-state index in [0.29, 0.717) is 17.5 Å². The number of nitrogens with zero attached hydrogens (tertiary/aromatic N) is 2. The Bertz CT molecular complexity index is 795. The molecule has 0 aliphatic rings. The lowest BCUT2D eigenvalue weighted by Gasteiger charge is -2.12. The van der Waals surface area contributed by atoms with Crippen molar-refractivity contribution >= 4 is 10.9 Å². The summed E-state index contributed by atoms with van der Waals surface area (Å²) in [7, 11) is 1.87. The SMILES string of the molecule is Cc1cccc(C(O)Cc2nn(C)c3ccccc23)c1F. The second kappa shape index (κ2) is 5.30. The summed E-state index contributed by atoms with van der Waals surface area (Å²) in [5.41, 5.74) is 2.65. The molecule has 0 aliphatic heterocycles. The highest BCUT2D eigenvalue weighted by Gasteiger charge is 2.18. The van der Waals surface area contributed by atoms with Gasteiger partial charge in [-0.15, -0.1) is 0 Å². The number of para-hydroxylation sites is 1. The molecular weight excluding hydrogens is 267 g/mol. The molecule has 0 radical (unpaired) electrons. The molecule has 0 fully saturated rings. The Hall–Kier alpha value is -2.20. The standard InChI is InChI=1S/C17H17FN2O/c1-11-6-5-8-13(17(11)18)16(21)10-14-12-7-3-4-9-15(12)20(2)19-14/h3-9,16,21H,10H2,1-2H3. The maximum absolute atomic E-state index is 14.1. The first-order valence-corrected chi connectivity index (χ1v) is 6.91. The highest BCUT2D eigenvalue weighted by Crippen LogP contribution is 2.26. The van der Waals surface area contributed by atoms with Gasteiger partial charge in [0.15, 0.2) is 0 Å². The summed E-state index contributed by atoms with van der Waals surface area (Å²) in [4.78, 5) is 0. The van der Waals surface area contributed by atoms with Crippen LogP contribution in [-0.2, 0) is 13.5 Å². The van der Waals surface area contributed by atoms with Gasteiger partial charge < -0.3 is 5.11 Å². The second-order valence-corrected chi connectivity index (χ2v) is 5.29.